The van der Waals surface area contributed by atoms with Crippen LogP contribution in [0.15, 0.2) is 36.4 Å². The van der Waals surface area contributed by atoms with Gasteiger partial charge < -0.3 is 15.7 Å². The van der Waals surface area contributed by atoms with Gasteiger partial charge in [-0.1, -0.05) is 30.3 Å². The molecule has 2 rings (SSSR count). The maximum Gasteiger partial charge on any atom is 0.490 e. The van der Waals surface area contributed by atoms with Gasteiger partial charge in [0.15, 0.2) is 5.82 Å². The van der Waals surface area contributed by atoms with E-state index in [1.807, 2.05) is 37.3 Å². The number of aromatic nitrogens is 2. The van der Waals surface area contributed by atoms with E-state index in [-0.39, 0.29) is 24.3 Å². The third-order valence-electron chi connectivity index (χ3n) is 3.18. The molecule has 4 N–H and O–H groups in total. The highest BCUT2D eigenvalue weighted by Gasteiger charge is 2.38. The fourth-order valence-electron chi connectivity index (χ4n) is 2.04. The standard InChI is InChI=1S/C15H18N4O2.C2HF3O2/c1-10-8-14(19-18-10)17-15(21)9-13(16-11(2)20)12-6-4-3-5-7-12;3-2(4,5)1(6)7/h3-8,13H,9H2,1-2H3,(H,16,20)(H2,17,18,19,21);(H,6,7). The number of halogens is 3. The highest BCUT2D eigenvalue weighted by molar-refractivity contribution is 5.90. The molecule has 0 radical (unpaired) electrons. The number of aromatic amines is 1. The number of hydrogen-bond acceptors (Lipinski definition) is 4. The zero-order valence-electron chi connectivity index (χ0n) is 15.0. The summed E-state index contributed by atoms with van der Waals surface area (Å²) in [5.41, 5.74) is 1.76. The zero-order chi connectivity index (χ0) is 21.3. The summed E-state index contributed by atoms with van der Waals surface area (Å²) >= 11 is 0. The number of benzene rings is 1. The molecule has 1 aromatic heterocycles. The van der Waals surface area contributed by atoms with Gasteiger partial charge in [-0.25, -0.2) is 4.79 Å². The Bertz CT molecular complexity index is 806. The van der Waals surface area contributed by atoms with Gasteiger partial charge in [-0.05, 0) is 12.5 Å². The van der Waals surface area contributed by atoms with E-state index in [2.05, 4.69) is 20.8 Å². The molecule has 152 valence electrons. The normalized spacial score (nSPS) is 11.6. The van der Waals surface area contributed by atoms with Crippen LogP contribution in [0.1, 0.15) is 30.6 Å². The number of carbonyl (C=O) groups excluding carboxylic acids is 2. The Morgan fingerprint density at radius 1 is 1.21 bits per heavy atom. The Kier molecular flexibility index (Phi) is 8.17. The largest absolute Gasteiger partial charge is 0.490 e. The van der Waals surface area contributed by atoms with E-state index in [0.717, 1.165) is 11.3 Å². The number of nitrogens with one attached hydrogen (secondary N) is 3. The van der Waals surface area contributed by atoms with Crippen LogP contribution in [0.4, 0.5) is 19.0 Å². The lowest BCUT2D eigenvalue weighted by Gasteiger charge is -2.17. The van der Waals surface area contributed by atoms with E-state index in [9.17, 15) is 22.8 Å². The van der Waals surface area contributed by atoms with Gasteiger partial charge in [-0.15, -0.1) is 0 Å². The maximum absolute atomic E-state index is 12.1. The highest BCUT2D eigenvalue weighted by Crippen LogP contribution is 2.17. The Hall–Kier alpha value is -3.37. The van der Waals surface area contributed by atoms with Crippen LogP contribution in [-0.2, 0) is 14.4 Å². The average molecular weight is 400 g/mol. The monoisotopic (exact) mass is 400 g/mol. The van der Waals surface area contributed by atoms with Crippen LogP contribution < -0.4 is 10.6 Å². The van der Waals surface area contributed by atoms with Crippen molar-refractivity contribution in [3.63, 3.8) is 0 Å². The summed E-state index contributed by atoms with van der Waals surface area (Å²) in [4.78, 5) is 32.3. The minimum Gasteiger partial charge on any atom is -0.475 e. The number of hydrogen-bond donors (Lipinski definition) is 4. The molecule has 1 heterocycles. The SMILES string of the molecule is CC(=O)NC(CC(=O)Nc1cc(C)[nH]n1)c1ccccc1.O=C(O)C(F)(F)F. The lowest BCUT2D eigenvalue weighted by Crippen LogP contribution is -2.29. The second kappa shape index (κ2) is 10.1. The van der Waals surface area contributed by atoms with Gasteiger partial charge in [0.2, 0.25) is 11.8 Å². The molecule has 0 bridgehead atoms. The number of nitrogens with zero attached hydrogens (tertiary/aromatic N) is 1. The molecular formula is C17H19F3N4O4. The van der Waals surface area contributed by atoms with E-state index in [1.165, 1.54) is 6.92 Å². The molecule has 2 amide bonds. The second-order valence-electron chi connectivity index (χ2n) is 5.66. The smallest absolute Gasteiger partial charge is 0.475 e. The number of aliphatic carboxylic acids is 1. The molecule has 0 spiro atoms. The Balaban J connectivity index is 0.000000480. The van der Waals surface area contributed by atoms with Crippen molar-refractivity contribution in [2.45, 2.75) is 32.5 Å². The Labute approximate surface area is 158 Å². The van der Waals surface area contributed by atoms with Crippen molar-refractivity contribution < 1.29 is 32.7 Å². The first-order valence-electron chi connectivity index (χ1n) is 7.93. The fraction of sp³-hybridized carbons (Fsp3) is 0.294. The highest BCUT2D eigenvalue weighted by atomic mass is 19.4. The van der Waals surface area contributed by atoms with Crippen LogP contribution >= 0.6 is 0 Å². The summed E-state index contributed by atoms with van der Waals surface area (Å²) in [6, 6.07) is 10.8. The molecule has 28 heavy (non-hydrogen) atoms. The van der Waals surface area contributed by atoms with Gasteiger partial charge in [0, 0.05) is 18.7 Å². The number of anilines is 1. The third kappa shape index (κ3) is 8.34. The predicted octanol–water partition coefficient (Wildman–Crippen LogP) is 2.56. The minimum absolute atomic E-state index is 0.148. The van der Waals surface area contributed by atoms with Crippen LogP contribution in [0.2, 0.25) is 0 Å². The van der Waals surface area contributed by atoms with Gasteiger partial charge >= 0.3 is 12.1 Å². The summed E-state index contributed by atoms with van der Waals surface area (Å²) in [5.74, 6) is -2.66. The molecular weight excluding hydrogens is 381 g/mol. The molecule has 0 aliphatic rings. The van der Waals surface area contributed by atoms with E-state index >= 15 is 0 Å². The van der Waals surface area contributed by atoms with E-state index in [0.29, 0.717) is 5.82 Å². The lowest BCUT2D eigenvalue weighted by atomic mass is 10.0. The number of carboxylic acid groups (broad SMARTS) is 1. The number of aryl methyl sites for hydroxylation is 1. The summed E-state index contributed by atoms with van der Waals surface area (Å²) < 4.78 is 31.7. The topological polar surface area (TPSA) is 124 Å². The molecule has 1 aromatic carbocycles. The molecule has 0 saturated heterocycles. The first-order chi connectivity index (χ1) is 13.0. The average Bonchev–Trinajstić information content (AvgIpc) is 2.99. The molecule has 8 nitrogen and oxygen atoms in total. The van der Waals surface area contributed by atoms with Crippen molar-refractivity contribution in [1.82, 2.24) is 15.5 Å². The molecule has 0 aliphatic heterocycles. The Morgan fingerprint density at radius 2 is 1.79 bits per heavy atom. The maximum atomic E-state index is 12.1. The lowest BCUT2D eigenvalue weighted by molar-refractivity contribution is -0.192. The quantitative estimate of drug-likeness (QED) is 0.614. The van der Waals surface area contributed by atoms with Gasteiger partial charge in [0.25, 0.3) is 0 Å². The van der Waals surface area contributed by atoms with E-state index < -0.39 is 12.1 Å². The van der Waals surface area contributed by atoms with Crippen molar-refractivity contribution >= 4 is 23.6 Å². The number of carbonyl (C=O) groups is 3. The van der Waals surface area contributed by atoms with Crippen LogP contribution in [0.25, 0.3) is 0 Å². The zero-order valence-corrected chi connectivity index (χ0v) is 15.0. The van der Waals surface area contributed by atoms with Crippen LogP contribution in [0.5, 0.6) is 0 Å². The van der Waals surface area contributed by atoms with Crippen LogP contribution in [-0.4, -0.2) is 39.3 Å². The van der Waals surface area contributed by atoms with Crippen molar-refractivity contribution in [2.24, 2.45) is 0 Å². The van der Waals surface area contributed by atoms with E-state index in [4.69, 9.17) is 9.90 Å². The van der Waals surface area contributed by atoms with Crippen LogP contribution in [0.3, 0.4) is 0 Å². The molecule has 1 atom stereocenters. The fourth-order valence-corrected chi connectivity index (χ4v) is 2.04. The first kappa shape index (κ1) is 22.7. The number of amides is 2. The van der Waals surface area contributed by atoms with Crippen molar-refractivity contribution in [1.29, 1.82) is 0 Å². The number of carboxylic acids is 1. The molecule has 0 saturated carbocycles. The van der Waals surface area contributed by atoms with Gasteiger partial charge in [-0.2, -0.15) is 18.3 Å². The van der Waals surface area contributed by atoms with Crippen LogP contribution in [0, 0.1) is 6.92 Å². The van der Waals surface area contributed by atoms with Gasteiger partial charge in [0.05, 0.1) is 12.5 Å². The predicted molar refractivity (Wildman–Crippen MR) is 93.3 cm³/mol. The molecule has 1 unspecified atom stereocenters. The molecule has 0 fully saturated rings. The van der Waals surface area contributed by atoms with Gasteiger partial charge in [-0.3, -0.25) is 14.7 Å². The summed E-state index contributed by atoms with van der Waals surface area (Å²) in [6.07, 6.45) is -4.94. The second-order valence-corrected chi connectivity index (χ2v) is 5.66. The number of H-pyrrole nitrogens is 1. The summed E-state index contributed by atoms with van der Waals surface area (Å²) in [5, 5.41) is 19.3. The molecule has 11 heteroatoms. The van der Waals surface area contributed by atoms with E-state index in [1.54, 1.807) is 6.07 Å². The van der Waals surface area contributed by atoms with Crippen molar-refractivity contribution in [3.05, 3.63) is 47.7 Å². The molecule has 2 aromatic rings. The number of rotatable bonds is 5. The van der Waals surface area contributed by atoms with Gasteiger partial charge in [0.1, 0.15) is 0 Å². The molecule has 0 aliphatic carbocycles. The first-order valence-corrected chi connectivity index (χ1v) is 7.93. The summed E-state index contributed by atoms with van der Waals surface area (Å²) in [6.45, 7) is 3.29. The third-order valence-corrected chi connectivity index (χ3v) is 3.18. The number of alkyl halides is 3. The summed E-state index contributed by atoms with van der Waals surface area (Å²) in [7, 11) is 0. The Morgan fingerprint density at radius 3 is 2.21 bits per heavy atom. The van der Waals surface area contributed by atoms with Crippen molar-refractivity contribution in [3.8, 4) is 0 Å². The van der Waals surface area contributed by atoms with Crippen molar-refractivity contribution in [2.75, 3.05) is 5.32 Å². The minimum atomic E-state index is -5.08.